The summed E-state index contributed by atoms with van der Waals surface area (Å²) in [6.07, 6.45) is 10.5. The minimum absolute atomic E-state index is 0.0598. The van der Waals surface area contributed by atoms with Gasteiger partial charge in [-0.15, -0.1) is 0 Å². The molecule has 3 fully saturated rings. The van der Waals surface area contributed by atoms with Crippen molar-refractivity contribution in [3.8, 4) is 0 Å². The third-order valence-electron chi connectivity index (χ3n) is 9.02. The molecule has 3 N–H and O–H groups in total. The number of carboxylic acid groups (broad SMARTS) is 1. The second-order valence-electron chi connectivity index (χ2n) is 12.5. The van der Waals surface area contributed by atoms with E-state index in [2.05, 4.69) is 32.6 Å². The van der Waals surface area contributed by atoms with Gasteiger partial charge in [-0.3, -0.25) is 9.59 Å². The number of aliphatic hydroxyl groups excluding tert-OH is 1. The minimum atomic E-state index is -0.930. The number of aliphatic carboxylic acids is 1. The van der Waals surface area contributed by atoms with Crippen molar-refractivity contribution in [3.63, 3.8) is 0 Å². The monoisotopic (exact) mass is 532 g/mol. The molecular formula is C31H48O7. The third kappa shape index (κ3) is 8.03. The van der Waals surface area contributed by atoms with Gasteiger partial charge in [-0.25, -0.2) is 0 Å². The molecule has 0 radical (unpaired) electrons. The van der Waals surface area contributed by atoms with E-state index in [0.717, 1.165) is 31.3 Å². The Balaban J connectivity index is 1.65. The van der Waals surface area contributed by atoms with Crippen LogP contribution in [0, 0.1) is 17.3 Å². The molecule has 0 aromatic carbocycles. The van der Waals surface area contributed by atoms with Crippen LogP contribution in [0.5, 0.6) is 0 Å². The molecule has 0 unspecified atom stereocenters. The first kappa shape index (κ1) is 30.6. The molecule has 0 heterocycles. The molecule has 6 atom stereocenters. The number of carbonyl (C=O) groups excluding carboxylic acids is 1. The van der Waals surface area contributed by atoms with Crippen LogP contribution in [0.25, 0.3) is 0 Å². The number of rotatable bonds is 11. The molecule has 38 heavy (non-hydrogen) atoms. The van der Waals surface area contributed by atoms with Gasteiger partial charge in [0.15, 0.2) is 0 Å². The van der Waals surface area contributed by atoms with Crippen LogP contribution in [-0.2, 0) is 19.1 Å². The summed E-state index contributed by atoms with van der Waals surface area (Å²) in [7, 11) is 0. The molecule has 0 spiro atoms. The van der Waals surface area contributed by atoms with Crippen LogP contribution in [-0.4, -0.2) is 57.8 Å². The van der Waals surface area contributed by atoms with Crippen LogP contribution in [0.2, 0.25) is 0 Å². The number of hydrogen-bond donors (Lipinski definition) is 3. The van der Waals surface area contributed by atoms with Crippen molar-refractivity contribution < 1.29 is 34.4 Å². The Hall–Kier alpha value is -1.96. The second-order valence-corrected chi connectivity index (χ2v) is 12.5. The van der Waals surface area contributed by atoms with Crippen LogP contribution in [0.15, 0.2) is 35.5 Å². The van der Waals surface area contributed by atoms with Crippen molar-refractivity contribution >= 4 is 11.9 Å². The first-order valence-electron chi connectivity index (χ1n) is 14.3. The molecule has 7 nitrogen and oxygen atoms in total. The molecule has 0 bridgehead atoms. The largest absolute Gasteiger partial charge is 0.481 e. The maximum absolute atomic E-state index is 12.2. The summed E-state index contributed by atoms with van der Waals surface area (Å²) >= 11 is 0. The highest BCUT2D eigenvalue weighted by Gasteiger charge is 2.51. The number of carboxylic acids is 1. The Morgan fingerprint density at radius 2 is 1.97 bits per heavy atom. The smallest absolute Gasteiger partial charge is 0.306 e. The molecule has 0 amide bonds. The Labute approximate surface area is 228 Å². The zero-order valence-corrected chi connectivity index (χ0v) is 23.7. The zero-order chi connectivity index (χ0) is 28.1. The average molecular weight is 533 g/mol. The lowest BCUT2D eigenvalue weighted by Crippen LogP contribution is -2.39. The van der Waals surface area contributed by atoms with Crippen molar-refractivity contribution in [2.75, 3.05) is 6.61 Å². The summed E-state index contributed by atoms with van der Waals surface area (Å²) in [5, 5.41) is 29.4. The number of carbonyl (C=O) groups is 2. The molecular weight excluding hydrogens is 484 g/mol. The summed E-state index contributed by atoms with van der Waals surface area (Å²) in [6.45, 7) is 12.9. The van der Waals surface area contributed by atoms with E-state index in [9.17, 15) is 19.8 Å². The Morgan fingerprint density at radius 1 is 1.24 bits per heavy atom. The Morgan fingerprint density at radius 3 is 2.66 bits per heavy atom. The van der Waals surface area contributed by atoms with Gasteiger partial charge in [-0.1, -0.05) is 31.2 Å². The van der Waals surface area contributed by atoms with Gasteiger partial charge in [0.1, 0.15) is 6.10 Å². The minimum Gasteiger partial charge on any atom is -0.481 e. The van der Waals surface area contributed by atoms with Crippen LogP contribution in [0.3, 0.4) is 0 Å². The standard InChI is InChI=1S/C31H48O7/c1-20-23(18-24(19-27(20)32)38-29(35)10-6-9-28(33)34)12-11-22-8-7-15-31(5)25(13-14-26(22)31)21(2)37-17-16-30(3,4)36/h11-12,21,24-27,32,36H,1,6-10,13-19H2,2-5H3,(H,33,34)/b22-11+,23-12-/t21-,24+,25+,26-,27-,31+/m0/s1. The van der Waals surface area contributed by atoms with Gasteiger partial charge in [0.25, 0.3) is 0 Å². The normalized spacial score (nSPS) is 32.8. The van der Waals surface area contributed by atoms with E-state index in [4.69, 9.17) is 14.6 Å². The van der Waals surface area contributed by atoms with E-state index in [1.54, 1.807) is 0 Å². The number of hydrogen-bond acceptors (Lipinski definition) is 6. The Kier molecular flexibility index (Phi) is 10.4. The lowest BCUT2D eigenvalue weighted by Gasteiger charge is -2.44. The number of aliphatic hydroxyl groups is 2. The summed E-state index contributed by atoms with van der Waals surface area (Å²) < 4.78 is 11.8. The van der Waals surface area contributed by atoms with Gasteiger partial charge in [0.2, 0.25) is 0 Å². The lowest BCUT2D eigenvalue weighted by atomic mass is 9.62. The number of esters is 1. The fourth-order valence-electron chi connectivity index (χ4n) is 6.83. The highest BCUT2D eigenvalue weighted by atomic mass is 16.5. The molecule has 0 aromatic heterocycles. The van der Waals surface area contributed by atoms with Gasteiger partial charge in [0.05, 0.1) is 17.8 Å². The van der Waals surface area contributed by atoms with Crippen molar-refractivity contribution in [2.24, 2.45) is 17.3 Å². The van der Waals surface area contributed by atoms with E-state index in [0.29, 0.717) is 43.3 Å². The van der Waals surface area contributed by atoms with E-state index in [1.165, 1.54) is 12.0 Å². The maximum atomic E-state index is 12.2. The molecule has 0 aliphatic heterocycles. The topological polar surface area (TPSA) is 113 Å². The highest BCUT2D eigenvalue weighted by Crippen LogP contribution is 2.58. The number of allylic oxidation sites excluding steroid dienone is 3. The van der Waals surface area contributed by atoms with Gasteiger partial charge in [-0.05, 0) is 94.1 Å². The molecule has 0 saturated heterocycles. The number of fused-ring (bicyclic) bond motifs is 1. The number of ether oxygens (including phenoxy) is 2. The van der Waals surface area contributed by atoms with Gasteiger partial charge >= 0.3 is 11.9 Å². The predicted octanol–water partition coefficient (Wildman–Crippen LogP) is 5.50. The van der Waals surface area contributed by atoms with Crippen molar-refractivity contribution in [1.82, 2.24) is 0 Å². The third-order valence-corrected chi connectivity index (χ3v) is 9.02. The quantitative estimate of drug-likeness (QED) is 0.301. The van der Waals surface area contributed by atoms with E-state index < -0.39 is 29.7 Å². The molecule has 7 heteroatoms. The van der Waals surface area contributed by atoms with Crippen molar-refractivity contribution in [2.45, 2.75) is 122 Å². The summed E-state index contributed by atoms with van der Waals surface area (Å²) in [5.74, 6) is -0.390. The van der Waals surface area contributed by atoms with Crippen LogP contribution >= 0.6 is 0 Å². The zero-order valence-electron chi connectivity index (χ0n) is 23.7. The molecule has 3 saturated carbocycles. The molecule has 3 aliphatic carbocycles. The van der Waals surface area contributed by atoms with Gasteiger partial charge in [0, 0.05) is 32.3 Å². The van der Waals surface area contributed by atoms with E-state index >= 15 is 0 Å². The molecule has 3 aliphatic rings. The van der Waals surface area contributed by atoms with Gasteiger partial charge < -0.3 is 24.8 Å². The van der Waals surface area contributed by atoms with Crippen LogP contribution in [0.1, 0.15) is 98.3 Å². The van der Waals surface area contributed by atoms with Crippen molar-refractivity contribution in [3.05, 3.63) is 35.5 Å². The van der Waals surface area contributed by atoms with Crippen LogP contribution in [0.4, 0.5) is 0 Å². The summed E-state index contributed by atoms with van der Waals surface area (Å²) in [6, 6.07) is 0. The summed E-state index contributed by atoms with van der Waals surface area (Å²) in [4.78, 5) is 22.9. The maximum Gasteiger partial charge on any atom is 0.306 e. The first-order chi connectivity index (χ1) is 17.8. The SMILES string of the molecule is C=C1/C(=C\C=C2/CCC[C@]3(C)[C@@H]([C@H](C)OCCC(C)(C)O)CC[C@@H]23)C[C@@H](OC(=O)CCCC(=O)O)C[C@@H]1O. The van der Waals surface area contributed by atoms with Gasteiger partial charge in [-0.2, -0.15) is 0 Å². The molecule has 214 valence electrons. The Bertz CT molecular complexity index is 927. The van der Waals surface area contributed by atoms with Crippen molar-refractivity contribution in [1.29, 1.82) is 0 Å². The lowest BCUT2D eigenvalue weighted by molar-refractivity contribution is -0.150. The van der Waals surface area contributed by atoms with E-state index in [1.807, 2.05) is 13.8 Å². The predicted molar refractivity (Wildman–Crippen MR) is 146 cm³/mol. The average Bonchev–Trinajstić information content (AvgIpc) is 3.16. The fourth-order valence-corrected chi connectivity index (χ4v) is 6.83. The van der Waals surface area contributed by atoms with E-state index in [-0.39, 0.29) is 30.8 Å². The molecule has 3 rings (SSSR count). The van der Waals surface area contributed by atoms with Crippen LogP contribution < -0.4 is 0 Å². The summed E-state index contributed by atoms with van der Waals surface area (Å²) in [5.41, 5.74) is 2.48. The first-order valence-corrected chi connectivity index (χ1v) is 14.3. The fraction of sp³-hybridized carbons (Fsp3) is 0.742. The second kappa shape index (κ2) is 12.9. The highest BCUT2D eigenvalue weighted by molar-refractivity contribution is 5.71. The molecule has 0 aromatic rings.